The monoisotopic (exact) mass is 197 g/mol. The Kier molecular flexibility index (Phi) is 4.41. The van der Waals surface area contributed by atoms with Gasteiger partial charge in [-0.1, -0.05) is 0 Å². The standard InChI is InChI=1S/C5H12NO5P/c1-3-11-12(8,9)4(6)5(7)10-2/h4H,3,6H2,1-2H3,(H,8,9). The predicted octanol–water partition coefficient (Wildman–Crippen LogP) is -0.334. The average molecular weight is 197 g/mol. The molecule has 0 aliphatic heterocycles. The summed E-state index contributed by atoms with van der Waals surface area (Å²) in [5.41, 5.74) is 5.08. The average Bonchev–Trinajstić information content (AvgIpc) is 2.01. The van der Waals surface area contributed by atoms with Crippen LogP contribution in [0.1, 0.15) is 6.92 Å². The molecule has 2 unspecified atom stereocenters. The fourth-order valence-corrected chi connectivity index (χ4v) is 1.42. The van der Waals surface area contributed by atoms with E-state index in [9.17, 15) is 9.36 Å². The van der Waals surface area contributed by atoms with Crippen molar-refractivity contribution in [3.8, 4) is 0 Å². The summed E-state index contributed by atoms with van der Waals surface area (Å²) < 4.78 is 19.6. The molecule has 7 heteroatoms. The Morgan fingerprint density at radius 1 is 1.75 bits per heavy atom. The lowest BCUT2D eigenvalue weighted by Crippen LogP contribution is -2.32. The van der Waals surface area contributed by atoms with Crippen LogP contribution in [-0.4, -0.2) is 30.4 Å². The second-order valence-electron chi connectivity index (χ2n) is 1.95. The van der Waals surface area contributed by atoms with Gasteiger partial charge in [0.1, 0.15) is 0 Å². The van der Waals surface area contributed by atoms with Crippen LogP contribution in [0.25, 0.3) is 0 Å². The Morgan fingerprint density at radius 3 is 2.58 bits per heavy atom. The van der Waals surface area contributed by atoms with Crippen molar-refractivity contribution < 1.29 is 23.5 Å². The van der Waals surface area contributed by atoms with Crippen molar-refractivity contribution in [2.24, 2.45) is 5.73 Å². The van der Waals surface area contributed by atoms with Crippen molar-refractivity contribution in [1.82, 2.24) is 0 Å². The molecule has 0 aromatic rings. The van der Waals surface area contributed by atoms with E-state index in [4.69, 9.17) is 10.6 Å². The molecule has 0 radical (unpaired) electrons. The number of carbonyl (C=O) groups is 1. The van der Waals surface area contributed by atoms with Crippen LogP contribution in [0.2, 0.25) is 0 Å². The molecule has 0 heterocycles. The molecule has 0 saturated heterocycles. The Hall–Kier alpha value is -0.420. The molecule has 0 amide bonds. The third-order valence-electron chi connectivity index (χ3n) is 1.11. The van der Waals surface area contributed by atoms with E-state index in [0.717, 1.165) is 7.11 Å². The summed E-state index contributed by atoms with van der Waals surface area (Å²) in [6.07, 6.45) is 0. The summed E-state index contributed by atoms with van der Waals surface area (Å²) in [7, 11) is -2.98. The topological polar surface area (TPSA) is 98.9 Å². The van der Waals surface area contributed by atoms with Crippen LogP contribution in [0.5, 0.6) is 0 Å². The number of methoxy groups -OCH3 is 1. The molecule has 0 fully saturated rings. The Labute approximate surface area is 70.2 Å². The summed E-state index contributed by atoms with van der Waals surface area (Å²) >= 11 is 0. The summed E-state index contributed by atoms with van der Waals surface area (Å²) in [6.45, 7) is 1.53. The molecule has 6 nitrogen and oxygen atoms in total. The van der Waals surface area contributed by atoms with E-state index in [0.29, 0.717) is 0 Å². The Balaban J connectivity index is 4.34. The van der Waals surface area contributed by atoms with Crippen LogP contribution in [-0.2, 0) is 18.6 Å². The van der Waals surface area contributed by atoms with Crippen molar-refractivity contribution >= 4 is 13.6 Å². The molecule has 0 aliphatic carbocycles. The lowest BCUT2D eigenvalue weighted by molar-refractivity contribution is -0.140. The first-order chi connectivity index (χ1) is 5.45. The number of rotatable bonds is 4. The maximum Gasteiger partial charge on any atom is 0.356 e. The molecular formula is C5H12NO5P. The first-order valence-electron chi connectivity index (χ1n) is 3.26. The van der Waals surface area contributed by atoms with E-state index in [1.54, 1.807) is 0 Å². The molecule has 72 valence electrons. The summed E-state index contributed by atoms with van der Waals surface area (Å²) in [4.78, 5) is 19.7. The maximum atomic E-state index is 11.0. The highest BCUT2D eigenvalue weighted by Crippen LogP contribution is 2.45. The van der Waals surface area contributed by atoms with Gasteiger partial charge in [0.15, 0.2) is 0 Å². The van der Waals surface area contributed by atoms with Crippen LogP contribution in [0.15, 0.2) is 0 Å². The van der Waals surface area contributed by atoms with Gasteiger partial charge in [-0.15, -0.1) is 0 Å². The largest absolute Gasteiger partial charge is 0.467 e. The van der Waals surface area contributed by atoms with E-state index >= 15 is 0 Å². The van der Waals surface area contributed by atoms with Gasteiger partial charge in [-0.3, -0.25) is 4.57 Å². The predicted molar refractivity (Wildman–Crippen MR) is 41.4 cm³/mol. The number of hydrogen-bond acceptors (Lipinski definition) is 5. The molecule has 0 rings (SSSR count). The summed E-state index contributed by atoms with van der Waals surface area (Å²) in [6, 6.07) is 0. The third kappa shape index (κ3) is 2.91. The first kappa shape index (κ1) is 11.6. The molecule has 0 aliphatic rings. The second-order valence-corrected chi connectivity index (χ2v) is 3.89. The fraction of sp³-hybridized carbons (Fsp3) is 0.800. The van der Waals surface area contributed by atoms with Crippen molar-refractivity contribution in [2.45, 2.75) is 12.7 Å². The van der Waals surface area contributed by atoms with Gasteiger partial charge in [-0.25, -0.2) is 4.79 Å². The highest BCUT2D eigenvalue weighted by atomic mass is 31.2. The summed E-state index contributed by atoms with van der Waals surface area (Å²) in [5, 5.41) is 0. The third-order valence-corrected chi connectivity index (χ3v) is 2.65. The highest BCUT2D eigenvalue weighted by molar-refractivity contribution is 7.54. The number of carbonyl (C=O) groups excluding carboxylic acids is 1. The SMILES string of the molecule is CCOP(=O)(O)C(N)C(=O)OC. The van der Waals surface area contributed by atoms with Gasteiger partial charge in [0, 0.05) is 0 Å². The van der Waals surface area contributed by atoms with Crippen LogP contribution < -0.4 is 5.73 Å². The van der Waals surface area contributed by atoms with E-state index in [-0.39, 0.29) is 6.61 Å². The number of ether oxygens (including phenoxy) is 1. The van der Waals surface area contributed by atoms with Crippen molar-refractivity contribution in [3.05, 3.63) is 0 Å². The molecule has 0 aromatic carbocycles. The normalized spacial score (nSPS) is 18.0. The minimum absolute atomic E-state index is 0.0124. The van der Waals surface area contributed by atoms with Gasteiger partial charge < -0.3 is 19.9 Å². The fourth-order valence-electron chi connectivity index (χ4n) is 0.519. The van der Waals surface area contributed by atoms with Gasteiger partial charge in [0.25, 0.3) is 0 Å². The van der Waals surface area contributed by atoms with Crippen LogP contribution in [0, 0.1) is 0 Å². The maximum absolute atomic E-state index is 11.0. The molecule has 0 saturated carbocycles. The van der Waals surface area contributed by atoms with Crippen molar-refractivity contribution in [2.75, 3.05) is 13.7 Å². The van der Waals surface area contributed by atoms with Crippen LogP contribution in [0.4, 0.5) is 0 Å². The molecule has 12 heavy (non-hydrogen) atoms. The van der Waals surface area contributed by atoms with Crippen molar-refractivity contribution in [3.63, 3.8) is 0 Å². The lowest BCUT2D eigenvalue weighted by Gasteiger charge is -2.15. The Morgan fingerprint density at radius 2 is 2.25 bits per heavy atom. The molecule has 0 spiro atoms. The van der Waals surface area contributed by atoms with E-state index in [1.807, 2.05) is 0 Å². The van der Waals surface area contributed by atoms with Crippen LogP contribution >= 0.6 is 7.60 Å². The van der Waals surface area contributed by atoms with E-state index < -0.39 is 19.3 Å². The van der Waals surface area contributed by atoms with Gasteiger partial charge in [0.05, 0.1) is 13.7 Å². The Bertz CT molecular complexity index is 206. The minimum Gasteiger partial charge on any atom is -0.467 e. The second kappa shape index (κ2) is 4.57. The zero-order valence-corrected chi connectivity index (χ0v) is 7.78. The van der Waals surface area contributed by atoms with Crippen LogP contribution in [0.3, 0.4) is 0 Å². The quantitative estimate of drug-likeness (QED) is 0.472. The van der Waals surface area contributed by atoms with Gasteiger partial charge >= 0.3 is 13.6 Å². The smallest absolute Gasteiger partial charge is 0.356 e. The number of nitrogens with two attached hydrogens (primary N) is 1. The molecule has 2 atom stereocenters. The molecule has 0 aromatic heterocycles. The van der Waals surface area contributed by atoms with E-state index in [2.05, 4.69) is 9.26 Å². The number of hydrogen-bond donors (Lipinski definition) is 2. The highest BCUT2D eigenvalue weighted by Gasteiger charge is 2.35. The molecule has 0 bridgehead atoms. The zero-order chi connectivity index (χ0) is 9.78. The minimum atomic E-state index is -4.05. The van der Waals surface area contributed by atoms with Crippen molar-refractivity contribution in [1.29, 1.82) is 0 Å². The van der Waals surface area contributed by atoms with Gasteiger partial charge in [-0.05, 0) is 6.92 Å². The first-order valence-corrected chi connectivity index (χ1v) is 4.90. The van der Waals surface area contributed by atoms with E-state index in [1.165, 1.54) is 6.92 Å². The zero-order valence-electron chi connectivity index (χ0n) is 6.89. The van der Waals surface area contributed by atoms with Gasteiger partial charge in [0.2, 0.25) is 5.78 Å². The molecular weight excluding hydrogens is 185 g/mol. The van der Waals surface area contributed by atoms with Gasteiger partial charge in [-0.2, -0.15) is 0 Å². The number of esters is 1. The summed E-state index contributed by atoms with van der Waals surface area (Å²) in [5.74, 6) is -2.59. The molecule has 3 N–H and O–H groups in total. The lowest BCUT2D eigenvalue weighted by atomic mass is 10.7.